The summed E-state index contributed by atoms with van der Waals surface area (Å²) in [5.41, 5.74) is 2.67. The van der Waals surface area contributed by atoms with Gasteiger partial charge >= 0.3 is 0 Å². The van der Waals surface area contributed by atoms with E-state index in [0.29, 0.717) is 23.6 Å². The molecule has 6 heteroatoms. The molecule has 0 aliphatic rings. The highest BCUT2D eigenvalue weighted by atomic mass is 16.5. The fourth-order valence-electron chi connectivity index (χ4n) is 2.63. The van der Waals surface area contributed by atoms with Crippen molar-refractivity contribution in [2.75, 3.05) is 14.2 Å². The zero-order valence-electron chi connectivity index (χ0n) is 14.9. The SMILES string of the molecule is COc1ccc(-c2onc(C)c2C(=O)NCc2cccc(OC)c2)cc1. The van der Waals surface area contributed by atoms with Crippen molar-refractivity contribution in [3.8, 4) is 22.8 Å². The van der Waals surface area contributed by atoms with Crippen molar-refractivity contribution in [2.45, 2.75) is 13.5 Å². The van der Waals surface area contributed by atoms with Crippen molar-refractivity contribution in [2.24, 2.45) is 0 Å². The zero-order chi connectivity index (χ0) is 18.5. The lowest BCUT2D eigenvalue weighted by Crippen LogP contribution is -2.23. The number of carbonyl (C=O) groups excluding carboxylic acids is 1. The number of ether oxygens (including phenoxy) is 2. The van der Waals surface area contributed by atoms with Crippen molar-refractivity contribution in [1.29, 1.82) is 0 Å². The van der Waals surface area contributed by atoms with E-state index < -0.39 is 0 Å². The van der Waals surface area contributed by atoms with Gasteiger partial charge < -0.3 is 19.3 Å². The fraction of sp³-hybridized carbons (Fsp3) is 0.200. The summed E-state index contributed by atoms with van der Waals surface area (Å²) in [7, 11) is 3.21. The van der Waals surface area contributed by atoms with Crippen LogP contribution in [0.5, 0.6) is 11.5 Å². The number of hydrogen-bond donors (Lipinski definition) is 1. The van der Waals surface area contributed by atoms with Gasteiger partial charge in [-0.15, -0.1) is 0 Å². The number of nitrogens with zero attached hydrogens (tertiary/aromatic N) is 1. The maximum atomic E-state index is 12.7. The molecule has 0 saturated heterocycles. The number of hydrogen-bond acceptors (Lipinski definition) is 5. The number of nitrogens with one attached hydrogen (secondary N) is 1. The first-order valence-corrected chi connectivity index (χ1v) is 8.14. The molecule has 0 radical (unpaired) electrons. The van der Waals surface area contributed by atoms with Gasteiger partial charge in [-0.25, -0.2) is 0 Å². The molecule has 0 fully saturated rings. The number of aromatic nitrogens is 1. The zero-order valence-corrected chi connectivity index (χ0v) is 14.9. The Labute approximate surface area is 151 Å². The molecule has 1 aromatic heterocycles. The van der Waals surface area contributed by atoms with Crippen LogP contribution in [0.25, 0.3) is 11.3 Å². The summed E-state index contributed by atoms with van der Waals surface area (Å²) in [6.45, 7) is 2.12. The van der Waals surface area contributed by atoms with E-state index in [1.54, 1.807) is 21.1 Å². The van der Waals surface area contributed by atoms with Crippen LogP contribution in [0.4, 0.5) is 0 Å². The number of carbonyl (C=O) groups is 1. The lowest BCUT2D eigenvalue weighted by molar-refractivity contribution is 0.0950. The molecule has 0 unspecified atom stereocenters. The molecule has 0 spiro atoms. The largest absolute Gasteiger partial charge is 0.497 e. The van der Waals surface area contributed by atoms with Crippen LogP contribution in [-0.4, -0.2) is 25.3 Å². The third kappa shape index (κ3) is 3.69. The summed E-state index contributed by atoms with van der Waals surface area (Å²) in [5.74, 6) is 1.68. The molecule has 6 nitrogen and oxygen atoms in total. The number of amides is 1. The predicted molar refractivity (Wildman–Crippen MR) is 97.4 cm³/mol. The van der Waals surface area contributed by atoms with Crippen LogP contribution in [0, 0.1) is 6.92 Å². The summed E-state index contributed by atoms with van der Waals surface area (Å²) in [5, 5.41) is 6.86. The molecule has 3 rings (SSSR count). The van der Waals surface area contributed by atoms with Gasteiger partial charge in [-0.3, -0.25) is 4.79 Å². The number of aryl methyl sites for hydroxylation is 1. The van der Waals surface area contributed by atoms with E-state index in [4.69, 9.17) is 14.0 Å². The molecule has 0 aliphatic heterocycles. The molecule has 0 bridgehead atoms. The van der Waals surface area contributed by atoms with E-state index >= 15 is 0 Å². The average molecular weight is 352 g/mol. The van der Waals surface area contributed by atoms with Crippen LogP contribution >= 0.6 is 0 Å². The van der Waals surface area contributed by atoms with Crippen LogP contribution in [0.15, 0.2) is 53.1 Å². The Balaban J connectivity index is 1.79. The summed E-state index contributed by atoms with van der Waals surface area (Å²) in [4.78, 5) is 12.7. The highest BCUT2D eigenvalue weighted by molar-refractivity contribution is 6.00. The summed E-state index contributed by atoms with van der Waals surface area (Å²) in [6.07, 6.45) is 0. The summed E-state index contributed by atoms with van der Waals surface area (Å²) < 4.78 is 15.8. The molecular formula is C20H20N2O4. The predicted octanol–water partition coefficient (Wildman–Crippen LogP) is 3.60. The molecule has 2 aromatic carbocycles. The second-order valence-corrected chi connectivity index (χ2v) is 5.73. The van der Waals surface area contributed by atoms with Crippen molar-refractivity contribution in [3.63, 3.8) is 0 Å². The first-order valence-electron chi connectivity index (χ1n) is 8.14. The molecule has 26 heavy (non-hydrogen) atoms. The minimum absolute atomic E-state index is 0.239. The van der Waals surface area contributed by atoms with Crippen LogP contribution in [0.2, 0.25) is 0 Å². The first-order chi connectivity index (χ1) is 12.6. The van der Waals surface area contributed by atoms with Crippen LogP contribution in [-0.2, 0) is 6.54 Å². The van der Waals surface area contributed by atoms with Crippen LogP contribution in [0.3, 0.4) is 0 Å². The summed E-state index contributed by atoms with van der Waals surface area (Å²) in [6, 6.07) is 14.8. The van der Waals surface area contributed by atoms with Gasteiger partial charge in [0.15, 0.2) is 5.76 Å². The average Bonchev–Trinajstić information content (AvgIpc) is 3.08. The van der Waals surface area contributed by atoms with Gasteiger partial charge in [0.2, 0.25) is 0 Å². The second-order valence-electron chi connectivity index (χ2n) is 5.73. The minimum Gasteiger partial charge on any atom is -0.497 e. The molecule has 134 valence electrons. The quantitative estimate of drug-likeness (QED) is 0.734. The number of benzene rings is 2. The molecule has 0 saturated carbocycles. The van der Waals surface area contributed by atoms with Crippen molar-refractivity contribution in [1.82, 2.24) is 10.5 Å². The molecule has 1 amide bonds. The molecule has 3 aromatic rings. The van der Waals surface area contributed by atoms with Crippen molar-refractivity contribution < 1.29 is 18.8 Å². The van der Waals surface area contributed by atoms with Gasteiger partial charge in [0.05, 0.1) is 19.9 Å². The standard InChI is InChI=1S/C20H20N2O4/c1-13-18(19(26-22-13)15-7-9-16(24-2)10-8-15)20(23)21-12-14-5-4-6-17(11-14)25-3/h4-11H,12H2,1-3H3,(H,21,23). The highest BCUT2D eigenvalue weighted by Gasteiger charge is 2.21. The van der Waals surface area contributed by atoms with E-state index in [1.807, 2.05) is 48.5 Å². The van der Waals surface area contributed by atoms with Gasteiger partial charge in [-0.2, -0.15) is 0 Å². The summed E-state index contributed by atoms with van der Waals surface area (Å²) >= 11 is 0. The molecule has 1 N–H and O–H groups in total. The van der Waals surface area contributed by atoms with E-state index in [9.17, 15) is 4.79 Å². The fourth-order valence-corrected chi connectivity index (χ4v) is 2.63. The Kier molecular flexibility index (Phi) is 5.22. The van der Waals surface area contributed by atoms with Crippen molar-refractivity contribution >= 4 is 5.91 Å². The van der Waals surface area contributed by atoms with Crippen LogP contribution < -0.4 is 14.8 Å². The third-order valence-electron chi connectivity index (χ3n) is 4.03. The van der Waals surface area contributed by atoms with Gasteiger partial charge in [-0.05, 0) is 48.9 Å². The topological polar surface area (TPSA) is 73.6 Å². The van der Waals surface area contributed by atoms with Gasteiger partial charge in [0, 0.05) is 12.1 Å². The molecular weight excluding hydrogens is 332 g/mol. The molecule has 0 aliphatic carbocycles. The number of methoxy groups -OCH3 is 2. The van der Waals surface area contributed by atoms with Gasteiger partial charge in [0.1, 0.15) is 17.1 Å². The number of rotatable bonds is 6. The van der Waals surface area contributed by atoms with E-state index in [2.05, 4.69) is 10.5 Å². The third-order valence-corrected chi connectivity index (χ3v) is 4.03. The van der Waals surface area contributed by atoms with Gasteiger partial charge in [-0.1, -0.05) is 17.3 Å². The lowest BCUT2D eigenvalue weighted by atomic mass is 10.1. The lowest BCUT2D eigenvalue weighted by Gasteiger charge is -2.08. The van der Waals surface area contributed by atoms with Gasteiger partial charge in [0.25, 0.3) is 5.91 Å². The van der Waals surface area contributed by atoms with Crippen LogP contribution in [0.1, 0.15) is 21.6 Å². The molecule has 0 atom stereocenters. The Hall–Kier alpha value is -3.28. The highest BCUT2D eigenvalue weighted by Crippen LogP contribution is 2.28. The van der Waals surface area contributed by atoms with E-state index in [1.165, 1.54) is 0 Å². The molecule has 1 heterocycles. The normalized spacial score (nSPS) is 10.4. The monoisotopic (exact) mass is 352 g/mol. The smallest absolute Gasteiger partial charge is 0.257 e. The van der Waals surface area contributed by atoms with E-state index in [-0.39, 0.29) is 5.91 Å². The van der Waals surface area contributed by atoms with E-state index in [0.717, 1.165) is 22.6 Å². The second kappa shape index (κ2) is 7.74. The Morgan fingerprint density at radius 3 is 2.50 bits per heavy atom. The first kappa shape index (κ1) is 17.5. The Morgan fingerprint density at radius 1 is 1.08 bits per heavy atom. The van der Waals surface area contributed by atoms with Crippen molar-refractivity contribution in [3.05, 3.63) is 65.4 Å². The Bertz CT molecular complexity index is 900. The minimum atomic E-state index is -0.239. The maximum absolute atomic E-state index is 12.7. The Morgan fingerprint density at radius 2 is 1.81 bits per heavy atom. The maximum Gasteiger partial charge on any atom is 0.257 e.